The van der Waals surface area contributed by atoms with E-state index in [1.165, 1.54) is 0 Å². The first-order chi connectivity index (χ1) is 10.8. The second kappa shape index (κ2) is 5.49. The summed E-state index contributed by atoms with van der Waals surface area (Å²) in [5.74, 6) is 0.0394. The highest BCUT2D eigenvalue weighted by Crippen LogP contribution is 2.46. The Labute approximate surface area is 135 Å². The number of aryl methyl sites for hydroxylation is 1. The summed E-state index contributed by atoms with van der Waals surface area (Å²) in [6, 6.07) is 7.67. The Hall–Kier alpha value is -2.14. The zero-order chi connectivity index (χ0) is 16.8. The second-order valence-corrected chi connectivity index (χ2v) is 6.58. The first kappa shape index (κ1) is 15.7. The fourth-order valence-corrected chi connectivity index (χ4v) is 3.85. The molecule has 1 heterocycles. The SMILES string of the molecule is COc1ccc([C@@H]2c3c(n[nH]c3C)C[C@@](C)(O)[C@@H]2C(C)=O)cc1. The van der Waals surface area contributed by atoms with Crippen LogP contribution in [0.1, 0.15) is 42.3 Å². The van der Waals surface area contributed by atoms with E-state index in [1.807, 2.05) is 31.2 Å². The molecule has 0 saturated carbocycles. The summed E-state index contributed by atoms with van der Waals surface area (Å²) in [6.45, 7) is 5.23. The summed E-state index contributed by atoms with van der Waals surface area (Å²) in [5, 5.41) is 18.2. The third-order valence-electron chi connectivity index (χ3n) is 4.83. The Morgan fingerprint density at radius 3 is 2.61 bits per heavy atom. The van der Waals surface area contributed by atoms with Crippen LogP contribution >= 0.6 is 0 Å². The van der Waals surface area contributed by atoms with Gasteiger partial charge in [0.1, 0.15) is 11.5 Å². The number of rotatable bonds is 3. The molecule has 0 spiro atoms. The Bertz CT molecular complexity index is 731. The van der Waals surface area contributed by atoms with E-state index in [1.54, 1.807) is 21.0 Å². The molecule has 23 heavy (non-hydrogen) atoms. The molecule has 0 fully saturated rings. The van der Waals surface area contributed by atoms with Gasteiger partial charge in [0, 0.05) is 23.6 Å². The Morgan fingerprint density at radius 1 is 1.39 bits per heavy atom. The second-order valence-electron chi connectivity index (χ2n) is 6.58. The van der Waals surface area contributed by atoms with Gasteiger partial charge in [0.2, 0.25) is 0 Å². The van der Waals surface area contributed by atoms with E-state index < -0.39 is 11.5 Å². The van der Waals surface area contributed by atoms with Crippen molar-refractivity contribution in [2.45, 2.75) is 38.7 Å². The molecule has 122 valence electrons. The van der Waals surface area contributed by atoms with Gasteiger partial charge in [-0.1, -0.05) is 12.1 Å². The first-order valence-corrected chi connectivity index (χ1v) is 7.75. The monoisotopic (exact) mass is 314 g/mol. The van der Waals surface area contributed by atoms with Crippen LogP contribution in [0.2, 0.25) is 0 Å². The predicted molar refractivity (Wildman–Crippen MR) is 86.7 cm³/mol. The van der Waals surface area contributed by atoms with E-state index in [2.05, 4.69) is 10.2 Å². The number of carbonyl (C=O) groups is 1. The third kappa shape index (κ3) is 2.55. The van der Waals surface area contributed by atoms with Gasteiger partial charge < -0.3 is 9.84 Å². The van der Waals surface area contributed by atoms with Crippen molar-refractivity contribution >= 4 is 5.78 Å². The Morgan fingerprint density at radius 2 is 2.04 bits per heavy atom. The molecule has 2 N–H and O–H groups in total. The molecule has 1 aliphatic carbocycles. The molecule has 0 aliphatic heterocycles. The van der Waals surface area contributed by atoms with Crippen LogP contribution in [0, 0.1) is 12.8 Å². The fourth-order valence-electron chi connectivity index (χ4n) is 3.85. The number of nitrogens with zero attached hydrogens (tertiary/aromatic N) is 1. The van der Waals surface area contributed by atoms with Crippen LogP contribution in [0.15, 0.2) is 24.3 Å². The molecule has 0 bridgehead atoms. The number of methoxy groups -OCH3 is 1. The number of Topliss-reactive ketones (excluding diaryl/α,β-unsaturated/α-hetero) is 1. The van der Waals surface area contributed by atoms with Crippen molar-refractivity contribution in [1.29, 1.82) is 0 Å². The summed E-state index contributed by atoms with van der Waals surface area (Å²) in [6.07, 6.45) is 0.379. The van der Waals surface area contributed by atoms with Crippen molar-refractivity contribution in [3.63, 3.8) is 0 Å². The summed E-state index contributed by atoms with van der Waals surface area (Å²) in [5.41, 5.74) is 2.68. The van der Waals surface area contributed by atoms with Crippen LogP contribution in [0.4, 0.5) is 0 Å². The minimum absolute atomic E-state index is 0.0120. The third-order valence-corrected chi connectivity index (χ3v) is 4.83. The quantitative estimate of drug-likeness (QED) is 0.912. The lowest BCUT2D eigenvalue weighted by atomic mass is 9.64. The van der Waals surface area contributed by atoms with Gasteiger partial charge >= 0.3 is 0 Å². The van der Waals surface area contributed by atoms with Gasteiger partial charge in [0.05, 0.1) is 24.3 Å². The largest absolute Gasteiger partial charge is 0.497 e. The number of benzene rings is 1. The van der Waals surface area contributed by atoms with Gasteiger partial charge in [-0.3, -0.25) is 9.89 Å². The van der Waals surface area contributed by atoms with E-state index in [-0.39, 0.29) is 11.7 Å². The maximum atomic E-state index is 12.3. The fraction of sp³-hybridized carbons (Fsp3) is 0.444. The molecule has 3 rings (SSSR count). The molecule has 1 aromatic carbocycles. The topological polar surface area (TPSA) is 75.2 Å². The summed E-state index contributed by atoms with van der Waals surface area (Å²) in [7, 11) is 1.62. The van der Waals surface area contributed by atoms with Crippen LogP contribution in [0.5, 0.6) is 5.75 Å². The lowest BCUT2D eigenvalue weighted by Crippen LogP contribution is -2.48. The molecule has 1 aromatic heterocycles. The zero-order valence-electron chi connectivity index (χ0n) is 13.9. The number of nitrogens with one attached hydrogen (secondary N) is 1. The Balaban J connectivity index is 2.19. The van der Waals surface area contributed by atoms with Gasteiger partial charge in [0.25, 0.3) is 0 Å². The van der Waals surface area contributed by atoms with Crippen molar-refractivity contribution in [2.24, 2.45) is 5.92 Å². The van der Waals surface area contributed by atoms with E-state index in [4.69, 9.17) is 4.74 Å². The molecule has 0 saturated heterocycles. The molecule has 5 heteroatoms. The van der Waals surface area contributed by atoms with Crippen LogP contribution in [0.25, 0.3) is 0 Å². The lowest BCUT2D eigenvalue weighted by Gasteiger charge is -2.41. The predicted octanol–water partition coefficient (Wildman–Crippen LogP) is 2.37. The molecule has 0 unspecified atom stereocenters. The van der Waals surface area contributed by atoms with Crippen LogP contribution in [-0.2, 0) is 11.2 Å². The van der Waals surface area contributed by atoms with Crippen molar-refractivity contribution in [3.8, 4) is 5.75 Å². The van der Waals surface area contributed by atoms with E-state index in [0.29, 0.717) is 6.42 Å². The number of ether oxygens (including phenoxy) is 1. The minimum atomic E-state index is -1.12. The van der Waals surface area contributed by atoms with Crippen LogP contribution in [-0.4, -0.2) is 33.8 Å². The van der Waals surface area contributed by atoms with E-state index in [0.717, 1.165) is 28.3 Å². The molecular formula is C18H22N2O3. The summed E-state index contributed by atoms with van der Waals surface area (Å²) in [4.78, 5) is 12.3. The van der Waals surface area contributed by atoms with Gasteiger partial charge in [-0.15, -0.1) is 0 Å². The smallest absolute Gasteiger partial charge is 0.136 e. The molecule has 0 radical (unpaired) electrons. The molecule has 0 amide bonds. The number of aromatic nitrogens is 2. The number of hydrogen-bond acceptors (Lipinski definition) is 4. The van der Waals surface area contributed by atoms with Crippen LogP contribution < -0.4 is 4.74 Å². The van der Waals surface area contributed by atoms with Gasteiger partial charge in [0.15, 0.2) is 0 Å². The normalized spacial score (nSPS) is 26.7. The maximum absolute atomic E-state index is 12.3. The lowest BCUT2D eigenvalue weighted by molar-refractivity contribution is -0.130. The average molecular weight is 314 g/mol. The number of aliphatic hydroxyl groups is 1. The number of carbonyl (C=O) groups excluding carboxylic acids is 1. The maximum Gasteiger partial charge on any atom is 0.136 e. The zero-order valence-corrected chi connectivity index (χ0v) is 13.9. The van der Waals surface area contributed by atoms with Crippen molar-refractivity contribution in [2.75, 3.05) is 7.11 Å². The minimum Gasteiger partial charge on any atom is -0.497 e. The highest BCUT2D eigenvalue weighted by atomic mass is 16.5. The van der Waals surface area contributed by atoms with Crippen molar-refractivity contribution in [1.82, 2.24) is 10.2 Å². The molecule has 2 aromatic rings. The van der Waals surface area contributed by atoms with Gasteiger partial charge in [-0.2, -0.15) is 5.10 Å². The van der Waals surface area contributed by atoms with E-state index in [9.17, 15) is 9.90 Å². The highest BCUT2D eigenvalue weighted by Gasteiger charge is 2.48. The highest BCUT2D eigenvalue weighted by molar-refractivity contribution is 5.82. The van der Waals surface area contributed by atoms with Crippen LogP contribution in [0.3, 0.4) is 0 Å². The first-order valence-electron chi connectivity index (χ1n) is 7.75. The molecule has 1 aliphatic rings. The number of ketones is 1. The summed E-state index contributed by atoms with van der Waals surface area (Å²) >= 11 is 0. The number of fused-ring (bicyclic) bond motifs is 1. The van der Waals surface area contributed by atoms with Gasteiger partial charge in [-0.25, -0.2) is 0 Å². The number of hydrogen-bond donors (Lipinski definition) is 2. The van der Waals surface area contributed by atoms with Gasteiger partial charge in [-0.05, 0) is 38.5 Å². The molecular weight excluding hydrogens is 292 g/mol. The standard InChI is InChI=1S/C18H22N2O3/c1-10-15-14(20-19-10)9-18(3,22)17(11(2)21)16(15)12-5-7-13(23-4)8-6-12/h5-8,16-17,22H,9H2,1-4H3,(H,19,20)/t16-,17-,18-/m1/s1. The molecule has 3 atom stereocenters. The Kier molecular flexibility index (Phi) is 3.76. The summed E-state index contributed by atoms with van der Waals surface area (Å²) < 4.78 is 5.22. The van der Waals surface area contributed by atoms with Crippen molar-refractivity contribution in [3.05, 3.63) is 46.8 Å². The molecule has 5 nitrogen and oxygen atoms in total. The van der Waals surface area contributed by atoms with E-state index >= 15 is 0 Å². The number of H-pyrrole nitrogens is 1. The average Bonchev–Trinajstić information content (AvgIpc) is 2.85. The van der Waals surface area contributed by atoms with Crippen molar-refractivity contribution < 1.29 is 14.6 Å². The number of aromatic amines is 1.